The average Bonchev–Trinajstić information content (AvgIpc) is 2.77. The van der Waals surface area contributed by atoms with E-state index in [1.807, 2.05) is 13.8 Å². The predicted octanol–water partition coefficient (Wildman–Crippen LogP) is 8.32. The van der Waals surface area contributed by atoms with Crippen LogP contribution in [0.25, 0.3) is 0 Å². The van der Waals surface area contributed by atoms with Gasteiger partial charge >= 0.3 is 5.97 Å². The fraction of sp³-hybridized carbons (Fsp3) is 0.750. The number of nitrogens with one attached hydrogen (secondary N) is 1. The number of rotatable bonds is 20. The van der Waals surface area contributed by atoms with Crippen LogP contribution >= 0.6 is 0 Å². The van der Waals surface area contributed by atoms with E-state index in [4.69, 9.17) is 4.74 Å². The number of hydrogen-bond acceptors (Lipinski definition) is 3. The third-order valence-electron chi connectivity index (χ3n) is 6.04. The number of unbranched alkanes of at least 4 members (excludes halogenated alkanes) is 13. The molecule has 1 rings (SSSR count). The molecule has 0 aliphatic rings. The molecule has 178 valence electrons. The third kappa shape index (κ3) is 15.0. The largest absolute Gasteiger partial charge is 0.466 e. The van der Waals surface area contributed by atoms with Gasteiger partial charge in [0.05, 0.1) is 12.5 Å². The molecule has 3 heteroatoms. The molecule has 0 spiro atoms. The van der Waals surface area contributed by atoms with Crippen molar-refractivity contribution in [1.29, 1.82) is 0 Å². The maximum atomic E-state index is 11.7. The molecule has 3 nitrogen and oxygen atoms in total. The molecule has 0 saturated heterocycles. The van der Waals surface area contributed by atoms with Gasteiger partial charge in [-0.05, 0) is 37.5 Å². The lowest BCUT2D eigenvalue weighted by atomic mass is 10.0. The Morgan fingerprint density at radius 1 is 0.774 bits per heavy atom. The summed E-state index contributed by atoms with van der Waals surface area (Å²) in [6.07, 6.45) is 20.3. The van der Waals surface area contributed by atoms with Crippen molar-refractivity contribution in [3.63, 3.8) is 0 Å². The van der Waals surface area contributed by atoms with Crippen LogP contribution in [-0.4, -0.2) is 19.1 Å². The molecular weight excluding hydrogens is 382 g/mol. The minimum atomic E-state index is -0.109. The molecule has 0 amide bonds. The number of benzene rings is 1. The van der Waals surface area contributed by atoms with Gasteiger partial charge in [-0.2, -0.15) is 0 Å². The molecule has 1 aromatic rings. The number of hydrogen-bond donors (Lipinski definition) is 1. The lowest BCUT2D eigenvalue weighted by Crippen LogP contribution is -2.16. The van der Waals surface area contributed by atoms with Crippen molar-refractivity contribution in [2.24, 2.45) is 5.92 Å². The first-order valence-electron chi connectivity index (χ1n) is 13.2. The van der Waals surface area contributed by atoms with Gasteiger partial charge in [0.25, 0.3) is 0 Å². The fourth-order valence-corrected chi connectivity index (χ4v) is 4.03. The van der Waals surface area contributed by atoms with Crippen LogP contribution in [0.1, 0.15) is 116 Å². The molecule has 0 aromatic heterocycles. The van der Waals surface area contributed by atoms with Crippen LogP contribution < -0.4 is 5.32 Å². The molecule has 0 bridgehead atoms. The van der Waals surface area contributed by atoms with Crippen molar-refractivity contribution in [2.75, 3.05) is 18.5 Å². The van der Waals surface area contributed by atoms with Gasteiger partial charge < -0.3 is 10.1 Å². The highest BCUT2D eigenvalue weighted by Gasteiger charge is 2.14. The predicted molar refractivity (Wildman–Crippen MR) is 135 cm³/mol. The Balaban J connectivity index is 1.95. The first-order valence-corrected chi connectivity index (χ1v) is 13.2. The van der Waals surface area contributed by atoms with E-state index in [1.54, 1.807) is 0 Å². The zero-order valence-corrected chi connectivity index (χ0v) is 20.7. The highest BCUT2D eigenvalue weighted by Crippen LogP contribution is 2.15. The fourth-order valence-electron chi connectivity index (χ4n) is 4.03. The van der Waals surface area contributed by atoms with Crippen molar-refractivity contribution in [1.82, 2.24) is 0 Å². The van der Waals surface area contributed by atoms with E-state index in [1.165, 1.54) is 101 Å². The molecule has 1 atom stereocenters. The van der Waals surface area contributed by atoms with Crippen molar-refractivity contribution in [3.8, 4) is 0 Å². The molecule has 0 fully saturated rings. The number of carbonyl (C=O) groups is 1. The average molecular weight is 432 g/mol. The quantitative estimate of drug-likeness (QED) is 0.167. The van der Waals surface area contributed by atoms with E-state index in [-0.39, 0.29) is 11.9 Å². The minimum absolute atomic E-state index is 0.0886. The topological polar surface area (TPSA) is 38.3 Å². The molecule has 0 saturated carbocycles. The van der Waals surface area contributed by atoms with Gasteiger partial charge in [-0.3, -0.25) is 4.79 Å². The summed E-state index contributed by atoms with van der Waals surface area (Å²) < 4.78 is 5.09. The lowest BCUT2D eigenvalue weighted by Gasteiger charge is -2.11. The van der Waals surface area contributed by atoms with E-state index in [2.05, 4.69) is 36.5 Å². The van der Waals surface area contributed by atoms with Gasteiger partial charge in [0.15, 0.2) is 0 Å². The Bertz CT molecular complexity index is 540. The monoisotopic (exact) mass is 431 g/mol. The highest BCUT2D eigenvalue weighted by atomic mass is 16.5. The first kappa shape index (κ1) is 27.5. The summed E-state index contributed by atoms with van der Waals surface area (Å²) in [6, 6.07) is 8.47. The third-order valence-corrected chi connectivity index (χ3v) is 6.04. The van der Waals surface area contributed by atoms with E-state index in [0.717, 1.165) is 13.0 Å². The SMILES string of the molecule is CCCCCCCCCCCCCCCCNc1ccc(CC(C)C(=O)OCC)cc1. The first-order chi connectivity index (χ1) is 15.2. The maximum absolute atomic E-state index is 11.7. The van der Waals surface area contributed by atoms with E-state index < -0.39 is 0 Å². The van der Waals surface area contributed by atoms with Crippen LogP contribution in [0, 0.1) is 5.92 Å². The van der Waals surface area contributed by atoms with Crippen LogP contribution in [0.3, 0.4) is 0 Å². The number of esters is 1. The number of anilines is 1. The number of ether oxygens (including phenoxy) is 1. The minimum Gasteiger partial charge on any atom is -0.466 e. The standard InChI is InChI=1S/C28H49NO2/c1-4-6-7-8-9-10-11-12-13-14-15-16-17-18-23-29-27-21-19-26(20-22-27)24-25(3)28(30)31-5-2/h19-22,25,29H,4-18,23-24H2,1-3H3. The van der Waals surface area contributed by atoms with Crippen LogP contribution in [-0.2, 0) is 16.0 Å². The summed E-state index contributed by atoms with van der Waals surface area (Å²) in [5, 5.41) is 3.52. The summed E-state index contributed by atoms with van der Waals surface area (Å²) in [5.41, 5.74) is 2.35. The zero-order valence-electron chi connectivity index (χ0n) is 20.7. The van der Waals surface area contributed by atoms with Gasteiger partial charge in [-0.15, -0.1) is 0 Å². The van der Waals surface area contributed by atoms with Gasteiger partial charge in [0, 0.05) is 12.2 Å². The van der Waals surface area contributed by atoms with Gasteiger partial charge in [0.2, 0.25) is 0 Å². The summed E-state index contributed by atoms with van der Waals surface area (Å²) in [7, 11) is 0. The molecule has 31 heavy (non-hydrogen) atoms. The van der Waals surface area contributed by atoms with Crippen molar-refractivity contribution < 1.29 is 9.53 Å². The Hall–Kier alpha value is -1.51. The summed E-state index contributed by atoms with van der Waals surface area (Å²) in [4.78, 5) is 11.7. The summed E-state index contributed by atoms with van der Waals surface area (Å²) in [5.74, 6) is -0.197. The van der Waals surface area contributed by atoms with Crippen LogP contribution in [0.5, 0.6) is 0 Å². The van der Waals surface area contributed by atoms with Gasteiger partial charge in [-0.1, -0.05) is 109 Å². The van der Waals surface area contributed by atoms with Crippen LogP contribution in [0.15, 0.2) is 24.3 Å². The smallest absolute Gasteiger partial charge is 0.308 e. The molecule has 0 heterocycles. The molecule has 1 unspecified atom stereocenters. The molecular formula is C28H49NO2. The Morgan fingerprint density at radius 2 is 1.26 bits per heavy atom. The van der Waals surface area contributed by atoms with Crippen LogP contribution in [0.4, 0.5) is 5.69 Å². The molecule has 0 radical (unpaired) electrons. The molecule has 1 N–H and O–H groups in total. The number of carbonyl (C=O) groups excluding carboxylic acids is 1. The van der Waals surface area contributed by atoms with Gasteiger partial charge in [-0.25, -0.2) is 0 Å². The van der Waals surface area contributed by atoms with E-state index >= 15 is 0 Å². The van der Waals surface area contributed by atoms with Gasteiger partial charge in [0.1, 0.15) is 0 Å². The Labute approximate surface area is 192 Å². The Kier molecular flexibility index (Phi) is 17.0. The van der Waals surface area contributed by atoms with Crippen molar-refractivity contribution >= 4 is 11.7 Å². The lowest BCUT2D eigenvalue weighted by molar-refractivity contribution is -0.147. The van der Waals surface area contributed by atoms with Crippen molar-refractivity contribution in [2.45, 2.75) is 117 Å². The zero-order chi connectivity index (χ0) is 22.6. The molecule has 0 aliphatic carbocycles. The second-order valence-corrected chi connectivity index (χ2v) is 9.08. The maximum Gasteiger partial charge on any atom is 0.308 e. The van der Waals surface area contributed by atoms with E-state index in [9.17, 15) is 4.79 Å². The van der Waals surface area contributed by atoms with Crippen LogP contribution in [0.2, 0.25) is 0 Å². The second kappa shape index (κ2) is 19.2. The normalized spacial score (nSPS) is 12.0. The highest BCUT2D eigenvalue weighted by molar-refractivity contribution is 5.72. The molecule has 0 aliphatic heterocycles. The second-order valence-electron chi connectivity index (χ2n) is 9.08. The molecule has 1 aromatic carbocycles. The summed E-state index contributed by atoms with van der Waals surface area (Å²) >= 11 is 0. The van der Waals surface area contributed by atoms with Crippen molar-refractivity contribution in [3.05, 3.63) is 29.8 Å². The summed E-state index contributed by atoms with van der Waals surface area (Å²) in [6.45, 7) is 7.55. The Morgan fingerprint density at radius 3 is 1.74 bits per heavy atom. The van der Waals surface area contributed by atoms with E-state index in [0.29, 0.717) is 6.61 Å².